The summed E-state index contributed by atoms with van der Waals surface area (Å²) in [5.41, 5.74) is 0. The first-order valence-electron chi connectivity index (χ1n) is 7.05. The van der Waals surface area contributed by atoms with Crippen LogP contribution in [0.2, 0.25) is 0 Å². The molecule has 5 nitrogen and oxygen atoms in total. The van der Waals surface area contributed by atoms with Crippen LogP contribution in [0.25, 0.3) is 0 Å². The summed E-state index contributed by atoms with van der Waals surface area (Å²) in [7, 11) is 0. The molecule has 2 aliphatic heterocycles. The molecule has 0 aliphatic carbocycles. The van der Waals surface area contributed by atoms with Crippen molar-refractivity contribution in [2.24, 2.45) is 0 Å². The molecule has 1 unspecified atom stereocenters. The number of carbonyl (C=O) groups excluding carboxylic acids is 2. The molecule has 0 bridgehead atoms. The van der Waals surface area contributed by atoms with Crippen molar-refractivity contribution in [3.63, 3.8) is 0 Å². The SMILES string of the molecule is O=C1CCC(C(=O)N2CCN(Cc3cccs3)CC2)N1. The number of hydrogen-bond donors (Lipinski definition) is 1. The molecule has 2 saturated heterocycles. The zero-order valence-electron chi connectivity index (χ0n) is 11.4. The Bertz CT molecular complexity index is 481. The standard InChI is InChI=1S/C14H19N3O2S/c18-13-4-3-12(15-13)14(19)17-7-5-16(6-8-17)10-11-2-1-9-20-11/h1-2,9,12H,3-8,10H2,(H,15,18). The van der Waals surface area contributed by atoms with Crippen molar-refractivity contribution < 1.29 is 9.59 Å². The summed E-state index contributed by atoms with van der Waals surface area (Å²) in [6.45, 7) is 4.31. The lowest BCUT2D eigenvalue weighted by Crippen LogP contribution is -2.53. The van der Waals surface area contributed by atoms with Gasteiger partial charge in [-0.15, -0.1) is 11.3 Å². The molecule has 1 aromatic rings. The van der Waals surface area contributed by atoms with Crippen LogP contribution in [-0.4, -0.2) is 53.8 Å². The maximum atomic E-state index is 12.3. The summed E-state index contributed by atoms with van der Waals surface area (Å²) in [4.78, 5) is 29.1. The molecule has 1 N–H and O–H groups in total. The first-order valence-corrected chi connectivity index (χ1v) is 7.93. The average Bonchev–Trinajstić information content (AvgIpc) is 3.10. The summed E-state index contributed by atoms with van der Waals surface area (Å²) < 4.78 is 0. The Morgan fingerprint density at radius 3 is 2.75 bits per heavy atom. The highest BCUT2D eigenvalue weighted by molar-refractivity contribution is 7.09. The van der Waals surface area contributed by atoms with Gasteiger partial charge in [0, 0.05) is 44.0 Å². The molecule has 2 amide bonds. The highest BCUT2D eigenvalue weighted by Gasteiger charge is 2.32. The topological polar surface area (TPSA) is 52.7 Å². The maximum absolute atomic E-state index is 12.3. The fourth-order valence-corrected chi connectivity index (χ4v) is 3.52. The first kappa shape index (κ1) is 13.6. The Kier molecular flexibility index (Phi) is 4.03. The van der Waals surface area contributed by atoms with E-state index in [1.54, 1.807) is 11.3 Å². The lowest BCUT2D eigenvalue weighted by atomic mass is 10.2. The van der Waals surface area contributed by atoms with E-state index >= 15 is 0 Å². The van der Waals surface area contributed by atoms with Crippen molar-refractivity contribution in [2.45, 2.75) is 25.4 Å². The van der Waals surface area contributed by atoms with E-state index in [1.807, 2.05) is 4.90 Å². The predicted octanol–water partition coefficient (Wildman–Crippen LogP) is 0.671. The molecule has 6 heteroatoms. The lowest BCUT2D eigenvalue weighted by Gasteiger charge is -2.35. The molecule has 108 valence electrons. The molecule has 1 atom stereocenters. The number of nitrogens with one attached hydrogen (secondary N) is 1. The minimum Gasteiger partial charge on any atom is -0.344 e. The number of nitrogens with zero attached hydrogens (tertiary/aromatic N) is 2. The second-order valence-corrected chi connectivity index (χ2v) is 6.37. The third-order valence-corrected chi connectivity index (χ3v) is 4.80. The Hall–Kier alpha value is -1.40. The van der Waals surface area contributed by atoms with Gasteiger partial charge in [0.05, 0.1) is 0 Å². The summed E-state index contributed by atoms with van der Waals surface area (Å²) in [6.07, 6.45) is 1.13. The fraction of sp³-hybridized carbons (Fsp3) is 0.571. The van der Waals surface area contributed by atoms with Crippen LogP contribution in [-0.2, 0) is 16.1 Å². The number of hydrogen-bond acceptors (Lipinski definition) is 4. The second-order valence-electron chi connectivity index (χ2n) is 5.34. The molecule has 0 spiro atoms. The number of rotatable bonds is 3. The van der Waals surface area contributed by atoms with Crippen LogP contribution < -0.4 is 5.32 Å². The largest absolute Gasteiger partial charge is 0.344 e. The molecular weight excluding hydrogens is 274 g/mol. The molecule has 0 saturated carbocycles. The number of carbonyl (C=O) groups is 2. The normalized spacial score (nSPS) is 23.9. The monoisotopic (exact) mass is 293 g/mol. The van der Waals surface area contributed by atoms with Gasteiger partial charge < -0.3 is 10.2 Å². The van der Waals surface area contributed by atoms with Gasteiger partial charge in [0.25, 0.3) is 0 Å². The van der Waals surface area contributed by atoms with Gasteiger partial charge in [-0.3, -0.25) is 14.5 Å². The molecule has 3 heterocycles. The minimum atomic E-state index is -0.286. The molecule has 0 radical (unpaired) electrons. The van der Waals surface area contributed by atoms with Crippen LogP contribution in [0.4, 0.5) is 0 Å². The molecule has 3 rings (SSSR count). The van der Waals surface area contributed by atoms with Gasteiger partial charge in [0.15, 0.2) is 0 Å². The van der Waals surface area contributed by atoms with Crippen molar-refractivity contribution in [1.29, 1.82) is 0 Å². The van der Waals surface area contributed by atoms with Gasteiger partial charge in [-0.05, 0) is 17.9 Å². The maximum Gasteiger partial charge on any atom is 0.245 e. The number of amides is 2. The first-order chi connectivity index (χ1) is 9.72. The van der Waals surface area contributed by atoms with Crippen molar-refractivity contribution in [2.75, 3.05) is 26.2 Å². The zero-order valence-corrected chi connectivity index (χ0v) is 12.2. The van der Waals surface area contributed by atoms with Crippen LogP contribution in [0, 0.1) is 0 Å². The Balaban J connectivity index is 1.48. The van der Waals surface area contributed by atoms with Crippen LogP contribution >= 0.6 is 11.3 Å². The number of piperazine rings is 1. The van der Waals surface area contributed by atoms with E-state index < -0.39 is 0 Å². The van der Waals surface area contributed by atoms with Crippen molar-refractivity contribution in [3.8, 4) is 0 Å². The Morgan fingerprint density at radius 1 is 1.35 bits per heavy atom. The van der Waals surface area contributed by atoms with Crippen molar-refractivity contribution >= 4 is 23.2 Å². The van der Waals surface area contributed by atoms with Crippen molar-refractivity contribution in [1.82, 2.24) is 15.1 Å². The highest BCUT2D eigenvalue weighted by Crippen LogP contribution is 2.15. The van der Waals surface area contributed by atoms with E-state index in [-0.39, 0.29) is 17.9 Å². The molecule has 2 fully saturated rings. The average molecular weight is 293 g/mol. The van der Waals surface area contributed by atoms with Crippen molar-refractivity contribution in [3.05, 3.63) is 22.4 Å². The molecule has 20 heavy (non-hydrogen) atoms. The van der Waals surface area contributed by atoms with E-state index in [9.17, 15) is 9.59 Å². The Labute approximate surface area is 122 Å². The molecule has 2 aliphatic rings. The van der Waals surface area contributed by atoms with Gasteiger partial charge in [0.2, 0.25) is 11.8 Å². The molecular formula is C14H19N3O2S. The quantitative estimate of drug-likeness (QED) is 0.891. The zero-order chi connectivity index (χ0) is 13.9. The predicted molar refractivity (Wildman–Crippen MR) is 77.3 cm³/mol. The third kappa shape index (κ3) is 3.02. The summed E-state index contributed by atoms with van der Waals surface area (Å²) in [5.74, 6) is 0.0892. The van der Waals surface area contributed by atoms with E-state index in [0.29, 0.717) is 12.8 Å². The summed E-state index contributed by atoms with van der Waals surface area (Å²) in [6, 6.07) is 3.94. The summed E-state index contributed by atoms with van der Waals surface area (Å²) >= 11 is 1.77. The van der Waals surface area contributed by atoms with Crippen LogP contribution in [0.1, 0.15) is 17.7 Å². The minimum absolute atomic E-state index is 0.000295. The van der Waals surface area contributed by atoms with Gasteiger partial charge >= 0.3 is 0 Å². The molecule has 0 aromatic carbocycles. The van der Waals surface area contributed by atoms with Gasteiger partial charge in [-0.25, -0.2) is 0 Å². The van der Waals surface area contributed by atoms with E-state index in [4.69, 9.17) is 0 Å². The van der Waals surface area contributed by atoms with E-state index in [1.165, 1.54) is 4.88 Å². The lowest BCUT2D eigenvalue weighted by molar-refractivity contribution is -0.136. The van der Waals surface area contributed by atoms with Gasteiger partial charge in [-0.2, -0.15) is 0 Å². The highest BCUT2D eigenvalue weighted by atomic mass is 32.1. The third-order valence-electron chi connectivity index (χ3n) is 3.94. The second kappa shape index (κ2) is 5.93. The smallest absolute Gasteiger partial charge is 0.245 e. The fourth-order valence-electron chi connectivity index (χ4n) is 2.77. The van der Waals surface area contributed by atoms with Crippen LogP contribution in [0.3, 0.4) is 0 Å². The molecule has 1 aromatic heterocycles. The van der Waals surface area contributed by atoms with Crippen LogP contribution in [0.5, 0.6) is 0 Å². The van der Waals surface area contributed by atoms with Crippen LogP contribution in [0.15, 0.2) is 17.5 Å². The van der Waals surface area contributed by atoms with E-state index in [2.05, 4.69) is 27.7 Å². The van der Waals surface area contributed by atoms with Gasteiger partial charge in [-0.1, -0.05) is 6.07 Å². The van der Waals surface area contributed by atoms with Gasteiger partial charge in [0.1, 0.15) is 6.04 Å². The Morgan fingerprint density at radius 2 is 2.15 bits per heavy atom. The van der Waals surface area contributed by atoms with E-state index in [0.717, 1.165) is 32.7 Å². The number of thiophene rings is 1. The summed E-state index contributed by atoms with van der Waals surface area (Å²) in [5, 5.41) is 4.85.